The van der Waals surface area contributed by atoms with Gasteiger partial charge in [0.25, 0.3) is 5.91 Å². The molecule has 9 nitrogen and oxygen atoms in total. The third-order valence-corrected chi connectivity index (χ3v) is 6.49. The number of amides is 1. The Morgan fingerprint density at radius 3 is 2.67 bits per heavy atom. The number of piperidine rings is 1. The van der Waals surface area contributed by atoms with Crippen molar-refractivity contribution in [2.24, 2.45) is 0 Å². The van der Waals surface area contributed by atoms with Gasteiger partial charge in [0, 0.05) is 30.4 Å². The lowest BCUT2D eigenvalue weighted by Gasteiger charge is -2.37. The summed E-state index contributed by atoms with van der Waals surface area (Å²) in [5, 5.41) is 6.14. The lowest BCUT2D eigenvalue weighted by Crippen LogP contribution is -2.45. The molecule has 1 aliphatic heterocycles. The predicted octanol–water partition coefficient (Wildman–Crippen LogP) is 4.49. The number of anilines is 1. The van der Waals surface area contributed by atoms with Crippen LogP contribution in [0.3, 0.4) is 0 Å². The fourth-order valence-electron chi connectivity index (χ4n) is 4.43. The van der Waals surface area contributed by atoms with Gasteiger partial charge in [0.05, 0.1) is 16.5 Å². The minimum absolute atomic E-state index is 0.0621. The van der Waals surface area contributed by atoms with E-state index in [1.54, 1.807) is 24.0 Å². The zero-order valence-electron chi connectivity index (χ0n) is 19.8. The van der Waals surface area contributed by atoms with Crippen molar-refractivity contribution >= 4 is 34.4 Å². The highest BCUT2D eigenvalue weighted by molar-refractivity contribution is 6.30. The van der Waals surface area contributed by atoms with E-state index in [2.05, 4.69) is 26.8 Å². The molecule has 0 radical (unpaired) electrons. The minimum Gasteiger partial charge on any atom is -0.439 e. The molecule has 3 aromatic heterocycles. The normalized spacial score (nSPS) is 17.5. The standard InChI is InChI=1S/C26H24ClN7O2/c1-3-4-22(35)33-14-19(9-5-16(33)2)34-26-23(25(28)30-15-31-26)24(32-34)17-6-10-20(11-7-17)36-21-12-8-18(27)13-29-21/h6-8,10-13,15-16,19H,5,9,14H2,1-2H3,(H2,28,30,31). The van der Waals surface area contributed by atoms with Gasteiger partial charge in [-0.25, -0.2) is 19.6 Å². The number of halogens is 1. The Balaban J connectivity index is 1.48. The van der Waals surface area contributed by atoms with Gasteiger partial charge in [0.1, 0.15) is 23.6 Å². The van der Waals surface area contributed by atoms with Gasteiger partial charge >= 0.3 is 0 Å². The Hall–Kier alpha value is -4.16. The molecular weight excluding hydrogens is 478 g/mol. The van der Waals surface area contributed by atoms with Gasteiger partial charge < -0.3 is 15.4 Å². The summed E-state index contributed by atoms with van der Waals surface area (Å²) < 4.78 is 7.68. The molecule has 2 unspecified atom stereocenters. The van der Waals surface area contributed by atoms with Crippen molar-refractivity contribution < 1.29 is 9.53 Å². The third kappa shape index (κ3) is 4.55. The van der Waals surface area contributed by atoms with E-state index in [9.17, 15) is 4.79 Å². The quantitative estimate of drug-likeness (QED) is 0.410. The second kappa shape index (κ2) is 9.84. The summed E-state index contributed by atoms with van der Waals surface area (Å²) in [4.78, 5) is 27.2. The minimum atomic E-state index is -0.175. The number of fused-ring (bicyclic) bond motifs is 1. The molecule has 1 aliphatic rings. The summed E-state index contributed by atoms with van der Waals surface area (Å²) in [5.74, 6) is 6.60. The summed E-state index contributed by atoms with van der Waals surface area (Å²) in [6.45, 7) is 4.20. The topological polar surface area (TPSA) is 112 Å². The SMILES string of the molecule is CC#CC(=O)N1CC(n2nc(-c3ccc(Oc4ccc(Cl)cn4)cc3)c3c(N)ncnc32)CCC1C. The number of carbonyl (C=O) groups is 1. The number of benzene rings is 1. The van der Waals surface area contributed by atoms with Gasteiger partial charge in [-0.15, -0.1) is 0 Å². The van der Waals surface area contributed by atoms with Crippen LogP contribution in [-0.4, -0.2) is 48.1 Å². The van der Waals surface area contributed by atoms with Crippen molar-refractivity contribution in [2.75, 3.05) is 12.3 Å². The molecule has 0 bridgehead atoms. The monoisotopic (exact) mass is 501 g/mol. The van der Waals surface area contributed by atoms with Gasteiger partial charge in [-0.2, -0.15) is 5.10 Å². The molecule has 0 spiro atoms. The van der Waals surface area contributed by atoms with E-state index in [0.717, 1.165) is 18.4 Å². The smallest absolute Gasteiger partial charge is 0.298 e. The van der Waals surface area contributed by atoms with Crippen LogP contribution in [0.4, 0.5) is 5.82 Å². The maximum absolute atomic E-state index is 12.6. The molecule has 4 aromatic rings. The molecule has 1 amide bonds. The maximum atomic E-state index is 12.6. The molecule has 5 rings (SSSR count). The van der Waals surface area contributed by atoms with Gasteiger partial charge in [-0.1, -0.05) is 17.5 Å². The Morgan fingerprint density at radius 2 is 1.94 bits per heavy atom. The van der Waals surface area contributed by atoms with Crippen molar-refractivity contribution in [1.82, 2.24) is 29.6 Å². The lowest BCUT2D eigenvalue weighted by atomic mass is 9.99. The Bertz CT molecular complexity index is 1470. The molecule has 1 aromatic carbocycles. The fraction of sp³-hybridized carbons (Fsp3) is 0.269. The van der Waals surface area contributed by atoms with Gasteiger partial charge in [0.15, 0.2) is 5.65 Å². The summed E-state index contributed by atoms with van der Waals surface area (Å²) in [6, 6.07) is 10.9. The van der Waals surface area contributed by atoms with Crippen molar-refractivity contribution in [3.8, 4) is 34.7 Å². The molecule has 36 heavy (non-hydrogen) atoms. The van der Waals surface area contributed by atoms with Crippen molar-refractivity contribution in [2.45, 2.75) is 38.8 Å². The van der Waals surface area contributed by atoms with E-state index in [1.807, 2.05) is 35.9 Å². The van der Waals surface area contributed by atoms with Crippen LogP contribution in [0.25, 0.3) is 22.3 Å². The van der Waals surface area contributed by atoms with Crippen molar-refractivity contribution in [3.63, 3.8) is 0 Å². The Morgan fingerprint density at radius 1 is 1.14 bits per heavy atom. The van der Waals surface area contributed by atoms with E-state index < -0.39 is 0 Å². The van der Waals surface area contributed by atoms with Crippen LogP contribution < -0.4 is 10.5 Å². The number of likely N-dealkylation sites (tertiary alicyclic amines) is 1. The van der Waals surface area contributed by atoms with E-state index in [1.165, 1.54) is 12.5 Å². The molecular formula is C26H24ClN7O2. The number of hydrogen-bond donors (Lipinski definition) is 1. The van der Waals surface area contributed by atoms with Crippen molar-refractivity contribution in [3.05, 3.63) is 53.9 Å². The molecule has 2 atom stereocenters. The zero-order chi connectivity index (χ0) is 25.2. The first-order chi connectivity index (χ1) is 17.4. The molecule has 10 heteroatoms. The highest BCUT2D eigenvalue weighted by atomic mass is 35.5. The number of nitrogens with two attached hydrogens (primary N) is 1. The number of ether oxygens (including phenoxy) is 1. The zero-order valence-corrected chi connectivity index (χ0v) is 20.6. The number of nitrogen functional groups attached to an aromatic ring is 1. The average Bonchev–Trinajstić information content (AvgIpc) is 3.27. The lowest BCUT2D eigenvalue weighted by molar-refractivity contribution is -0.129. The number of rotatable bonds is 4. The van der Waals surface area contributed by atoms with E-state index in [4.69, 9.17) is 27.2 Å². The largest absolute Gasteiger partial charge is 0.439 e. The van der Waals surface area contributed by atoms with Crippen LogP contribution >= 0.6 is 11.6 Å². The van der Waals surface area contributed by atoms with Crippen LogP contribution in [0.15, 0.2) is 48.9 Å². The van der Waals surface area contributed by atoms with Gasteiger partial charge in [0.2, 0.25) is 5.88 Å². The number of pyridine rings is 1. The summed E-state index contributed by atoms with van der Waals surface area (Å²) in [5.41, 5.74) is 8.43. The summed E-state index contributed by atoms with van der Waals surface area (Å²) in [7, 11) is 0. The first kappa shape index (κ1) is 23.6. The first-order valence-electron chi connectivity index (χ1n) is 11.6. The summed E-state index contributed by atoms with van der Waals surface area (Å²) >= 11 is 5.89. The van der Waals surface area contributed by atoms with E-state index in [0.29, 0.717) is 45.7 Å². The number of aromatic nitrogens is 5. The summed E-state index contributed by atoms with van der Waals surface area (Å²) in [6.07, 6.45) is 4.66. The van der Waals surface area contributed by atoms with Gasteiger partial charge in [-0.3, -0.25) is 4.79 Å². The Labute approximate surface area is 213 Å². The Kier molecular flexibility index (Phi) is 6.44. The highest BCUT2D eigenvalue weighted by Crippen LogP contribution is 2.35. The second-order valence-electron chi connectivity index (χ2n) is 8.60. The van der Waals surface area contributed by atoms with Crippen LogP contribution in [0.5, 0.6) is 11.6 Å². The molecule has 1 fully saturated rings. The average molecular weight is 502 g/mol. The first-order valence-corrected chi connectivity index (χ1v) is 11.9. The molecule has 2 N–H and O–H groups in total. The van der Waals surface area contributed by atoms with Crippen LogP contribution in [0, 0.1) is 11.8 Å². The van der Waals surface area contributed by atoms with Crippen LogP contribution in [0.1, 0.15) is 32.7 Å². The highest BCUT2D eigenvalue weighted by Gasteiger charge is 2.32. The molecule has 182 valence electrons. The van der Waals surface area contributed by atoms with Crippen molar-refractivity contribution in [1.29, 1.82) is 0 Å². The van der Waals surface area contributed by atoms with E-state index in [-0.39, 0.29) is 18.0 Å². The number of nitrogens with zero attached hydrogens (tertiary/aromatic N) is 6. The molecule has 0 saturated carbocycles. The second-order valence-corrected chi connectivity index (χ2v) is 9.04. The predicted molar refractivity (Wildman–Crippen MR) is 137 cm³/mol. The molecule has 0 aliphatic carbocycles. The molecule has 4 heterocycles. The molecule has 1 saturated heterocycles. The number of hydrogen-bond acceptors (Lipinski definition) is 7. The fourth-order valence-corrected chi connectivity index (χ4v) is 4.54. The third-order valence-electron chi connectivity index (χ3n) is 6.26. The number of carbonyl (C=O) groups excluding carboxylic acids is 1. The maximum Gasteiger partial charge on any atom is 0.298 e. The van der Waals surface area contributed by atoms with E-state index >= 15 is 0 Å². The van der Waals surface area contributed by atoms with Gasteiger partial charge in [-0.05, 0) is 62.9 Å². The van der Waals surface area contributed by atoms with Crippen LogP contribution in [-0.2, 0) is 4.79 Å². The van der Waals surface area contributed by atoms with Crippen LogP contribution in [0.2, 0.25) is 5.02 Å².